The second-order valence-corrected chi connectivity index (χ2v) is 5.29. The van der Waals surface area contributed by atoms with Gasteiger partial charge in [0.1, 0.15) is 4.90 Å². The monoisotopic (exact) mass is 256 g/mol. The first-order valence-corrected chi connectivity index (χ1v) is 5.89. The molecule has 0 unspecified atom stereocenters. The van der Waals surface area contributed by atoms with Crippen molar-refractivity contribution in [3.05, 3.63) is 28.3 Å². The molecule has 1 heterocycles. The number of hydrogen-bond acceptors (Lipinski definition) is 6. The summed E-state index contributed by atoms with van der Waals surface area (Å²) in [6.45, 7) is 0. The normalized spacial score (nSPS) is 17.2. The predicted octanol–water partition coefficient (Wildman–Crippen LogP) is 0.175. The lowest BCUT2D eigenvalue weighted by molar-refractivity contribution is -0.384. The quantitative estimate of drug-likeness (QED) is 0.567. The molecule has 0 atom stereocenters. The Bertz CT molecular complexity index is 637. The van der Waals surface area contributed by atoms with Gasteiger partial charge in [-0.25, -0.2) is 17.7 Å². The zero-order chi connectivity index (χ0) is 12.8. The highest BCUT2D eigenvalue weighted by Gasteiger charge is 2.31. The number of aliphatic imine (C=N–C) groups is 1. The lowest BCUT2D eigenvalue weighted by Gasteiger charge is -2.23. The van der Waals surface area contributed by atoms with E-state index >= 15 is 0 Å². The summed E-state index contributed by atoms with van der Waals surface area (Å²) < 4.78 is 24.6. The van der Waals surface area contributed by atoms with E-state index in [0.29, 0.717) is 0 Å². The number of rotatable bonds is 1. The largest absolute Gasteiger partial charge is 0.369 e. The molecule has 0 saturated carbocycles. The van der Waals surface area contributed by atoms with Gasteiger partial charge >= 0.3 is 0 Å². The minimum absolute atomic E-state index is 0.0187. The summed E-state index contributed by atoms with van der Waals surface area (Å²) in [4.78, 5) is 13.6. The number of hydrogen-bond donors (Lipinski definition) is 1. The highest BCUT2D eigenvalue weighted by atomic mass is 32.2. The molecular formula is C8H8N4O4S. The average Bonchev–Trinajstić information content (AvgIpc) is 2.25. The van der Waals surface area contributed by atoms with Gasteiger partial charge in [0.15, 0.2) is 0 Å². The van der Waals surface area contributed by atoms with E-state index < -0.39 is 14.9 Å². The molecule has 0 radical (unpaired) electrons. The fourth-order valence-electron chi connectivity index (χ4n) is 1.39. The topological polar surface area (TPSA) is 119 Å². The Morgan fingerprint density at radius 1 is 1.47 bits per heavy atom. The summed E-state index contributed by atoms with van der Waals surface area (Å²) in [5, 5.41) is 10.6. The maximum Gasteiger partial charge on any atom is 0.271 e. The van der Waals surface area contributed by atoms with Crippen LogP contribution in [0.1, 0.15) is 0 Å². The highest BCUT2D eigenvalue weighted by Crippen LogP contribution is 2.33. The van der Waals surface area contributed by atoms with Crippen molar-refractivity contribution in [1.82, 2.24) is 4.31 Å². The Hall–Kier alpha value is -2.16. The predicted molar refractivity (Wildman–Crippen MR) is 59.3 cm³/mol. The maximum atomic E-state index is 11.9. The lowest BCUT2D eigenvalue weighted by Crippen LogP contribution is -2.40. The zero-order valence-electron chi connectivity index (χ0n) is 8.69. The van der Waals surface area contributed by atoms with E-state index in [1.165, 1.54) is 7.05 Å². The van der Waals surface area contributed by atoms with Crippen LogP contribution in [0.3, 0.4) is 0 Å². The van der Waals surface area contributed by atoms with E-state index in [2.05, 4.69) is 4.99 Å². The number of guanidine groups is 1. The maximum absolute atomic E-state index is 11.9. The van der Waals surface area contributed by atoms with Crippen molar-refractivity contribution in [2.45, 2.75) is 4.90 Å². The minimum Gasteiger partial charge on any atom is -0.369 e. The first-order valence-electron chi connectivity index (χ1n) is 4.45. The van der Waals surface area contributed by atoms with Crippen molar-refractivity contribution in [1.29, 1.82) is 0 Å². The Morgan fingerprint density at radius 3 is 2.71 bits per heavy atom. The lowest BCUT2D eigenvalue weighted by atomic mass is 10.3. The summed E-state index contributed by atoms with van der Waals surface area (Å²) in [6, 6.07) is 3.34. The van der Waals surface area contributed by atoms with Crippen LogP contribution >= 0.6 is 0 Å². The molecule has 1 aromatic rings. The van der Waals surface area contributed by atoms with Gasteiger partial charge in [0.2, 0.25) is 5.96 Å². The molecule has 0 aromatic heterocycles. The van der Waals surface area contributed by atoms with E-state index in [9.17, 15) is 18.5 Å². The first-order chi connectivity index (χ1) is 7.84. The molecule has 8 nitrogen and oxygen atoms in total. The van der Waals surface area contributed by atoms with Crippen molar-refractivity contribution >= 4 is 27.4 Å². The van der Waals surface area contributed by atoms with Gasteiger partial charge in [-0.05, 0) is 6.07 Å². The van der Waals surface area contributed by atoms with Crippen molar-refractivity contribution in [2.24, 2.45) is 10.7 Å². The number of benzene rings is 1. The van der Waals surface area contributed by atoms with Crippen LogP contribution in [0.4, 0.5) is 11.4 Å². The third-order valence-corrected chi connectivity index (χ3v) is 4.16. The summed E-state index contributed by atoms with van der Waals surface area (Å²) >= 11 is 0. The van der Waals surface area contributed by atoms with E-state index in [1.54, 1.807) is 0 Å². The molecule has 2 N–H and O–H groups in total. The number of sulfonamides is 1. The van der Waals surface area contributed by atoms with Crippen LogP contribution in [0, 0.1) is 10.1 Å². The highest BCUT2D eigenvalue weighted by molar-refractivity contribution is 7.89. The Balaban J connectivity index is 2.73. The summed E-state index contributed by atoms with van der Waals surface area (Å²) in [6.07, 6.45) is 0. The molecule has 2 rings (SSSR count). The number of fused-ring (bicyclic) bond motifs is 1. The van der Waals surface area contributed by atoms with Gasteiger partial charge in [0.05, 0.1) is 10.6 Å². The van der Waals surface area contributed by atoms with Gasteiger partial charge in [-0.15, -0.1) is 0 Å². The molecular weight excluding hydrogens is 248 g/mol. The molecule has 9 heteroatoms. The van der Waals surface area contributed by atoms with Gasteiger partial charge in [-0.2, -0.15) is 0 Å². The molecule has 0 aliphatic carbocycles. The fourth-order valence-corrected chi connectivity index (χ4v) is 2.58. The summed E-state index contributed by atoms with van der Waals surface area (Å²) in [5.74, 6) is -0.224. The number of nitro benzene ring substituents is 1. The molecule has 0 saturated heterocycles. The number of nitrogens with zero attached hydrogens (tertiary/aromatic N) is 3. The van der Waals surface area contributed by atoms with E-state index in [4.69, 9.17) is 5.73 Å². The standard InChI is InChI=1S/C8H8N4O4S/c1-11-8(9)10-6-4-5(12(13)14)2-3-7(6)17(11,15)16/h2-4H,1H3,(H2,9,10). The summed E-state index contributed by atoms with van der Waals surface area (Å²) in [5.41, 5.74) is 5.17. The molecule has 0 spiro atoms. The molecule has 0 amide bonds. The zero-order valence-corrected chi connectivity index (χ0v) is 9.51. The van der Waals surface area contributed by atoms with Gasteiger partial charge in [0, 0.05) is 19.2 Å². The second kappa shape index (κ2) is 3.42. The van der Waals surface area contributed by atoms with Gasteiger partial charge in [-0.1, -0.05) is 0 Å². The molecule has 0 fully saturated rings. The number of nitrogens with two attached hydrogens (primary N) is 1. The van der Waals surface area contributed by atoms with E-state index in [1.807, 2.05) is 0 Å². The van der Waals surface area contributed by atoms with Crippen molar-refractivity contribution in [3.8, 4) is 0 Å². The average molecular weight is 256 g/mol. The molecule has 1 aliphatic rings. The van der Waals surface area contributed by atoms with Crippen LogP contribution in [0.5, 0.6) is 0 Å². The minimum atomic E-state index is -3.76. The Morgan fingerprint density at radius 2 is 2.12 bits per heavy atom. The van der Waals surface area contributed by atoms with Crippen LogP contribution in [-0.4, -0.2) is 30.7 Å². The molecule has 0 bridgehead atoms. The van der Waals surface area contributed by atoms with Crippen LogP contribution in [0.15, 0.2) is 28.1 Å². The van der Waals surface area contributed by atoms with Crippen LogP contribution in [0.2, 0.25) is 0 Å². The third kappa shape index (κ3) is 1.60. The Labute approximate surface area is 96.6 Å². The van der Waals surface area contributed by atoms with Gasteiger partial charge < -0.3 is 5.73 Å². The number of non-ortho nitro benzene ring substituents is 1. The van der Waals surface area contributed by atoms with E-state index in [0.717, 1.165) is 22.5 Å². The van der Waals surface area contributed by atoms with Crippen molar-refractivity contribution < 1.29 is 13.3 Å². The first kappa shape index (κ1) is 11.3. The molecule has 90 valence electrons. The van der Waals surface area contributed by atoms with Crippen molar-refractivity contribution in [3.63, 3.8) is 0 Å². The molecule has 1 aliphatic heterocycles. The van der Waals surface area contributed by atoms with Crippen LogP contribution < -0.4 is 5.73 Å². The summed E-state index contributed by atoms with van der Waals surface area (Å²) in [7, 11) is -2.50. The van der Waals surface area contributed by atoms with Crippen molar-refractivity contribution in [2.75, 3.05) is 7.05 Å². The smallest absolute Gasteiger partial charge is 0.271 e. The molecule has 17 heavy (non-hydrogen) atoms. The van der Waals surface area contributed by atoms with Crippen LogP contribution in [-0.2, 0) is 10.0 Å². The van der Waals surface area contributed by atoms with Gasteiger partial charge in [-0.3, -0.25) is 10.1 Å². The number of nitro groups is 1. The third-order valence-electron chi connectivity index (χ3n) is 2.35. The van der Waals surface area contributed by atoms with Gasteiger partial charge in [0.25, 0.3) is 15.7 Å². The second-order valence-electron chi connectivity index (χ2n) is 3.35. The molecule has 1 aromatic carbocycles. The Kier molecular flexibility index (Phi) is 2.28. The SMILES string of the molecule is CN1C(N)=Nc2cc([N+](=O)[O-])ccc2S1(=O)=O. The fraction of sp³-hybridized carbons (Fsp3) is 0.125. The van der Waals surface area contributed by atoms with E-state index in [-0.39, 0.29) is 22.2 Å². The van der Waals surface area contributed by atoms with Crippen LogP contribution in [0.25, 0.3) is 0 Å².